The summed E-state index contributed by atoms with van der Waals surface area (Å²) in [6, 6.07) is 8.83. The number of esters is 1. The van der Waals surface area contributed by atoms with Crippen molar-refractivity contribution in [2.45, 2.75) is 39.3 Å². The molecule has 1 aromatic carbocycles. The second kappa shape index (κ2) is 9.39. The number of amides is 1. The molecule has 1 aromatic rings. The standard InChI is InChI=1S/C14H19NO3.ClH/c1-3-7-13(16)15-11(2)14(17)18-10-12-8-5-4-6-9-12;/h4-6,8-9,11H,3,7,10H2,1-2H3,(H,15,16);1H/t11-;/m0./s1. The SMILES string of the molecule is CCCC(=O)N[C@@H](C)C(=O)OCc1ccccc1.Cl. The maximum atomic E-state index is 11.6. The zero-order valence-electron chi connectivity index (χ0n) is 11.2. The van der Waals surface area contributed by atoms with E-state index < -0.39 is 12.0 Å². The highest BCUT2D eigenvalue weighted by Crippen LogP contribution is 2.02. The molecule has 0 unspecified atom stereocenters. The third-order valence-corrected chi connectivity index (χ3v) is 2.43. The van der Waals surface area contributed by atoms with E-state index in [1.54, 1.807) is 6.92 Å². The van der Waals surface area contributed by atoms with Gasteiger partial charge in [0.25, 0.3) is 0 Å². The van der Waals surface area contributed by atoms with Crippen LogP contribution >= 0.6 is 12.4 Å². The second-order valence-corrected chi connectivity index (χ2v) is 4.13. The molecule has 5 heteroatoms. The van der Waals surface area contributed by atoms with E-state index in [-0.39, 0.29) is 24.9 Å². The largest absolute Gasteiger partial charge is 0.459 e. The summed E-state index contributed by atoms with van der Waals surface area (Å²) in [7, 11) is 0. The van der Waals surface area contributed by atoms with Gasteiger partial charge < -0.3 is 10.1 Å². The highest BCUT2D eigenvalue weighted by Gasteiger charge is 2.16. The smallest absolute Gasteiger partial charge is 0.328 e. The Morgan fingerprint density at radius 1 is 1.26 bits per heavy atom. The molecule has 0 radical (unpaired) electrons. The molecule has 0 saturated carbocycles. The van der Waals surface area contributed by atoms with Gasteiger partial charge in [-0.2, -0.15) is 0 Å². The lowest BCUT2D eigenvalue weighted by molar-refractivity contribution is -0.148. The molecule has 0 aliphatic carbocycles. The first-order valence-corrected chi connectivity index (χ1v) is 6.13. The molecular weight excluding hydrogens is 266 g/mol. The minimum atomic E-state index is -0.604. The maximum Gasteiger partial charge on any atom is 0.328 e. The number of carbonyl (C=O) groups is 2. The van der Waals surface area contributed by atoms with Gasteiger partial charge in [0.2, 0.25) is 5.91 Å². The highest BCUT2D eigenvalue weighted by atomic mass is 35.5. The topological polar surface area (TPSA) is 55.4 Å². The summed E-state index contributed by atoms with van der Waals surface area (Å²) in [5.41, 5.74) is 0.929. The molecule has 0 spiro atoms. The molecule has 0 bridgehead atoms. The highest BCUT2D eigenvalue weighted by molar-refractivity contribution is 5.85. The first-order chi connectivity index (χ1) is 8.63. The van der Waals surface area contributed by atoms with Gasteiger partial charge in [-0.25, -0.2) is 4.79 Å². The summed E-state index contributed by atoms with van der Waals surface area (Å²) in [6.07, 6.45) is 1.19. The quantitative estimate of drug-likeness (QED) is 0.817. The molecule has 1 N–H and O–H groups in total. The van der Waals surface area contributed by atoms with Gasteiger partial charge in [0.15, 0.2) is 0 Å². The van der Waals surface area contributed by atoms with Crippen LogP contribution < -0.4 is 5.32 Å². The van der Waals surface area contributed by atoms with Crippen molar-refractivity contribution in [3.8, 4) is 0 Å². The van der Waals surface area contributed by atoms with Crippen LogP contribution in [0.3, 0.4) is 0 Å². The number of ether oxygens (including phenoxy) is 1. The number of hydrogen-bond acceptors (Lipinski definition) is 3. The van der Waals surface area contributed by atoms with Gasteiger partial charge >= 0.3 is 5.97 Å². The van der Waals surface area contributed by atoms with Gasteiger partial charge in [-0.1, -0.05) is 37.3 Å². The predicted octanol–water partition coefficient (Wildman–Crippen LogP) is 2.46. The molecule has 0 fully saturated rings. The molecule has 0 aliphatic rings. The van der Waals surface area contributed by atoms with Crippen LogP contribution in [0.5, 0.6) is 0 Å². The minimum absolute atomic E-state index is 0. The third kappa shape index (κ3) is 6.82. The van der Waals surface area contributed by atoms with Gasteiger partial charge in [-0.3, -0.25) is 4.79 Å². The van der Waals surface area contributed by atoms with Gasteiger partial charge in [0, 0.05) is 6.42 Å². The molecule has 0 aromatic heterocycles. The molecule has 1 atom stereocenters. The van der Waals surface area contributed by atoms with Crippen LogP contribution in [0.15, 0.2) is 30.3 Å². The average Bonchev–Trinajstić information content (AvgIpc) is 2.37. The zero-order valence-corrected chi connectivity index (χ0v) is 12.0. The zero-order chi connectivity index (χ0) is 13.4. The van der Waals surface area contributed by atoms with Gasteiger partial charge in [0.05, 0.1) is 0 Å². The van der Waals surface area contributed by atoms with Crippen LogP contribution in [0.2, 0.25) is 0 Å². The maximum absolute atomic E-state index is 11.6. The Labute approximate surface area is 119 Å². The fraction of sp³-hybridized carbons (Fsp3) is 0.429. The number of nitrogens with one attached hydrogen (secondary N) is 1. The summed E-state index contributed by atoms with van der Waals surface area (Å²) in [5, 5.41) is 2.60. The van der Waals surface area contributed by atoms with E-state index in [2.05, 4.69) is 5.32 Å². The lowest BCUT2D eigenvalue weighted by Crippen LogP contribution is -2.39. The van der Waals surface area contributed by atoms with Crippen LogP contribution in [0.1, 0.15) is 32.3 Å². The summed E-state index contributed by atoms with van der Waals surface area (Å²) < 4.78 is 5.12. The van der Waals surface area contributed by atoms with E-state index in [0.717, 1.165) is 12.0 Å². The Morgan fingerprint density at radius 2 is 1.89 bits per heavy atom. The van der Waals surface area contributed by atoms with Crippen molar-refractivity contribution in [2.24, 2.45) is 0 Å². The molecule has 1 rings (SSSR count). The number of rotatable bonds is 6. The summed E-state index contributed by atoms with van der Waals surface area (Å²) in [6.45, 7) is 3.77. The summed E-state index contributed by atoms with van der Waals surface area (Å²) in [5.74, 6) is -0.537. The van der Waals surface area contributed by atoms with Crippen molar-refractivity contribution in [3.63, 3.8) is 0 Å². The van der Waals surface area contributed by atoms with E-state index in [4.69, 9.17) is 4.74 Å². The molecule has 19 heavy (non-hydrogen) atoms. The van der Waals surface area contributed by atoms with Crippen molar-refractivity contribution >= 4 is 24.3 Å². The molecule has 0 saturated heterocycles. The van der Waals surface area contributed by atoms with Crippen LogP contribution in [0.25, 0.3) is 0 Å². The monoisotopic (exact) mass is 285 g/mol. The molecule has 1 amide bonds. The minimum Gasteiger partial charge on any atom is -0.459 e. The number of hydrogen-bond donors (Lipinski definition) is 1. The molecular formula is C14H20ClNO3. The lowest BCUT2D eigenvalue weighted by Gasteiger charge is -2.13. The average molecular weight is 286 g/mol. The fourth-order valence-corrected chi connectivity index (χ4v) is 1.45. The third-order valence-electron chi connectivity index (χ3n) is 2.43. The van der Waals surface area contributed by atoms with Crippen LogP contribution in [0.4, 0.5) is 0 Å². The van der Waals surface area contributed by atoms with Gasteiger partial charge in [-0.05, 0) is 18.9 Å². The lowest BCUT2D eigenvalue weighted by atomic mass is 10.2. The molecule has 106 valence electrons. The first-order valence-electron chi connectivity index (χ1n) is 6.13. The van der Waals surface area contributed by atoms with E-state index in [0.29, 0.717) is 6.42 Å². The summed E-state index contributed by atoms with van der Waals surface area (Å²) >= 11 is 0. The Hall–Kier alpha value is -1.55. The predicted molar refractivity (Wildman–Crippen MR) is 76.0 cm³/mol. The summed E-state index contributed by atoms with van der Waals surface area (Å²) in [4.78, 5) is 22.9. The molecule has 4 nitrogen and oxygen atoms in total. The van der Waals surface area contributed by atoms with E-state index >= 15 is 0 Å². The molecule has 0 heterocycles. The molecule has 0 aliphatic heterocycles. The van der Waals surface area contributed by atoms with Crippen molar-refractivity contribution < 1.29 is 14.3 Å². The van der Waals surface area contributed by atoms with Crippen LogP contribution in [-0.2, 0) is 20.9 Å². The normalized spacial score (nSPS) is 11.1. The van der Waals surface area contributed by atoms with E-state index in [1.165, 1.54) is 0 Å². The van der Waals surface area contributed by atoms with Gasteiger partial charge in [0.1, 0.15) is 12.6 Å². The Balaban J connectivity index is 0.00000324. The fourth-order valence-electron chi connectivity index (χ4n) is 1.45. The number of carbonyl (C=O) groups excluding carboxylic acids is 2. The first kappa shape index (κ1) is 17.4. The van der Waals surface area contributed by atoms with Crippen molar-refractivity contribution in [2.75, 3.05) is 0 Å². The van der Waals surface area contributed by atoms with E-state index in [9.17, 15) is 9.59 Å². The van der Waals surface area contributed by atoms with Crippen LogP contribution in [-0.4, -0.2) is 17.9 Å². The van der Waals surface area contributed by atoms with Crippen molar-refractivity contribution in [1.82, 2.24) is 5.32 Å². The van der Waals surface area contributed by atoms with Crippen LogP contribution in [0, 0.1) is 0 Å². The Bertz CT molecular complexity index is 395. The second-order valence-electron chi connectivity index (χ2n) is 4.13. The number of halogens is 1. The van der Waals surface area contributed by atoms with Crippen molar-refractivity contribution in [1.29, 1.82) is 0 Å². The number of benzene rings is 1. The van der Waals surface area contributed by atoms with Gasteiger partial charge in [-0.15, -0.1) is 12.4 Å². The van der Waals surface area contributed by atoms with E-state index in [1.807, 2.05) is 37.3 Å². The Kier molecular flexibility index (Phi) is 8.62. The Morgan fingerprint density at radius 3 is 2.47 bits per heavy atom. The van der Waals surface area contributed by atoms with Crippen molar-refractivity contribution in [3.05, 3.63) is 35.9 Å².